The van der Waals surface area contributed by atoms with E-state index < -0.39 is 23.7 Å². The Kier molecular flexibility index (Phi) is 6.64. The minimum Gasteiger partial charge on any atom is -0.480 e. The van der Waals surface area contributed by atoms with Gasteiger partial charge < -0.3 is 15.2 Å². The lowest BCUT2D eigenvalue weighted by atomic mass is 10.2. The molecular weight excluding hydrogens is 246 g/mol. The Hall–Kier alpha value is -1.24. The summed E-state index contributed by atoms with van der Waals surface area (Å²) in [4.78, 5) is 22.2. The molecule has 7 heteroatoms. The highest BCUT2D eigenvalue weighted by molar-refractivity contribution is 7.65. The molecular formula is C10H18NO5S+. The van der Waals surface area contributed by atoms with Crippen LogP contribution < -0.4 is 5.32 Å². The van der Waals surface area contributed by atoms with Gasteiger partial charge in [0.1, 0.15) is 11.6 Å². The minimum atomic E-state index is -1.13. The van der Waals surface area contributed by atoms with E-state index in [1.165, 1.54) is 0 Å². The van der Waals surface area contributed by atoms with E-state index in [9.17, 15) is 13.8 Å². The number of carbonyl (C=O) groups is 2. The summed E-state index contributed by atoms with van der Waals surface area (Å²) in [6.07, 6.45) is -0.121. The number of rotatable bonds is 6. The summed E-state index contributed by atoms with van der Waals surface area (Å²) < 4.78 is 15.1. The smallest absolute Gasteiger partial charge is 0.458 e. The van der Waals surface area contributed by atoms with Gasteiger partial charge in [-0.25, -0.2) is 9.59 Å². The van der Waals surface area contributed by atoms with Crippen LogP contribution in [-0.2, 0) is 25.4 Å². The Morgan fingerprint density at radius 2 is 2.00 bits per heavy atom. The fourth-order valence-electron chi connectivity index (χ4n) is 1.05. The average molecular weight is 264 g/mol. The lowest BCUT2D eigenvalue weighted by Crippen LogP contribution is -2.43. The van der Waals surface area contributed by atoms with Gasteiger partial charge in [-0.15, -0.1) is 0 Å². The van der Waals surface area contributed by atoms with Crippen molar-refractivity contribution in [2.24, 2.45) is 0 Å². The SMILES string of the molecule is CC(C)(C)OC(=O)N[C@@H](CCC[S+]=O)C(=O)O. The molecule has 17 heavy (non-hydrogen) atoms. The molecule has 2 N–H and O–H groups in total. The molecule has 0 unspecified atom stereocenters. The third-order valence-electron chi connectivity index (χ3n) is 1.71. The van der Waals surface area contributed by atoms with Crippen molar-refractivity contribution >= 4 is 23.7 Å². The van der Waals surface area contributed by atoms with Crippen molar-refractivity contribution in [3.05, 3.63) is 0 Å². The molecule has 0 heterocycles. The van der Waals surface area contributed by atoms with Gasteiger partial charge in [0.05, 0.1) is 0 Å². The summed E-state index contributed by atoms with van der Waals surface area (Å²) >= 11 is 0.397. The largest absolute Gasteiger partial charge is 0.480 e. The molecule has 6 nitrogen and oxygen atoms in total. The van der Waals surface area contributed by atoms with Crippen LogP contribution in [0.4, 0.5) is 4.79 Å². The third kappa shape index (κ3) is 8.56. The van der Waals surface area contributed by atoms with Crippen LogP contribution in [0.5, 0.6) is 0 Å². The Morgan fingerprint density at radius 1 is 1.41 bits per heavy atom. The summed E-state index contributed by atoms with van der Waals surface area (Å²) in [5.41, 5.74) is -0.669. The number of hydrogen-bond acceptors (Lipinski definition) is 4. The summed E-state index contributed by atoms with van der Waals surface area (Å²) in [5, 5.41) is 11.1. The number of carbonyl (C=O) groups excluding carboxylic acids is 1. The van der Waals surface area contributed by atoms with Gasteiger partial charge in [-0.2, -0.15) is 0 Å². The van der Waals surface area contributed by atoms with Crippen molar-refractivity contribution in [1.82, 2.24) is 5.32 Å². The molecule has 0 rings (SSSR count). The fraction of sp³-hybridized carbons (Fsp3) is 0.800. The third-order valence-corrected chi connectivity index (χ3v) is 2.16. The molecule has 0 aliphatic heterocycles. The number of alkyl carbamates (subject to hydrolysis) is 1. The molecule has 0 saturated carbocycles. The van der Waals surface area contributed by atoms with Crippen LogP contribution in [-0.4, -0.2) is 34.6 Å². The topological polar surface area (TPSA) is 92.7 Å². The molecule has 1 atom stereocenters. The summed E-state index contributed by atoms with van der Waals surface area (Å²) in [7, 11) is 0. The van der Waals surface area contributed by atoms with Crippen molar-refractivity contribution < 1.29 is 23.6 Å². The van der Waals surface area contributed by atoms with Gasteiger partial charge in [0.2, 0.25) is 5.75 Å². The second-order valence-corrected chi connectivity index (χ2v) is 5.15. The number of aliphatic carboxylic acids is 1. The lowest BCUT2D eigenvalue weighted by Gasteiger charge is -2.21. The average Bonchev–Trinajstić information content (AvgIpc) is 2.13. The van der Waals surface area contributed by atoms with Crippen LogP contribution in [0.25, 0.3) is 0 Å². The number of carboxylic acid groups (broad SMARTS) is 1. The van der Waals surface area contributed by atoms with E-state index in [0.29, 0.717) is 23.8 Å². The van der Waals surface area contributed by atoms with E-state index in [-0.39, 0.29) is 6.42 Å². The maximum Gasteiger partial charge on any atom is 0.458 e. The predicted octanol–water partition coefficient (Wildman–Crippen LogP) is 1.17. The van der Waals surface area contributed by atoms with Crippen molar-refractivity contribution in [3.8, 4) is 0 Å². The van der Waals surface area contributed by atoms with E-state index in [4.69, 9.17) is 9.84 Å². The van der Waals surface area contributed by atoms with Gasteiger partial charge in [0, 0.05) is 10.6 Å². The molecule has 0 saturated heterocycles. The first kappa shape index (κ1) is 15.8. The standard InChI is InChI=1S/C10H17NO5S/c1-10(2,3)16-9(14)11-7(8(12)13)5-4-6-17-15/h7H,4-6H2,1-3H3,(H-,11,12,13,14)/p+1/t7-/m0/s1. The lowest BCUT2D eigenvalue weighted by molar-refractivity contribution is -0.139. The molecule has 0 radical (unpaired) electrons. The molecule has 98 valence electrons. The predicted molar refractivity (Wildman–Crippen MR) is 62.9 cm³/mol. The fourth-order valence-corrected chi connectivity index (χ4v) is 1.34. The Bertz CT molecular complexity index is 287. The number of ether oxygens (including phenoxy) is 1. The Labute approximate surface area is 104 Å². The first-order valence-corrected chi connectivity index (χ1v) is 6.14. The quantitative estimate of drug-likeness (QED) is 0.555. The van der Waals surface area contributed by atoms with Crippen LogP contribution in [0.2, 0.25) is 0 Å². The maximum atomic E-state index is 11.3. The number of nitrogens with one attached hydrogen (secondary N) is 1. The summed E-state index contributed by atoms with van der Waals surface area (Å²) in [6, 6.07) is -1.02. The highest BCUT2D eigenvalue weighted by atomic mass is 32.1. The van der Waals surface area contributed by atoms with E-state index in [1.54, 1.807) is 20.8 Å². The first-order chi connectivity index (χ1) is 7.76. The van der Waals surface area contributed by atoms with Gasteiger partial charge >= 0.3 is 23.7 Å². The summed E-state index contributed by atoms with van der Waals surface area (Å²) in [6.45, 7) is 5.07. The first-order valence-electron chi connectivity index (χ1n) is 5.23. The molecule has 0 aliphatic carbocycles. The van der Waals surface area contributed by atoms with Gasteiger partial charge in [-0.3, -0.25) is 0 Å². The maximum absolute atomic E-state index is 11.3. The number of carboxylic acids is 1. The number of amides is 1. The van der Waals surface area contributed by atoms with Crippen LogP contribution >= 0.6 is 0 Å². The van der Waals surface area contributed by atoms with Crippen molar-refractivity contribution in [2.75, 3.05) is 5.75 Å². The van der Waals surface area contributed by atoms with Crippen molar-refractivity contribution in [3.63, 3.8) is 0 Å². The molecule has 0 aliphatic rings. The van der Waals surface area contributed by atoms with Crippen LogP contribution in [0, 0.1) is 0 Å². The van der Waals surface area contributed by atoms with Crippen LogP contribution in [0.15, 0.2) is 0 Å². The minimum absolute atomic E-state index is 0.212. The van der Waals surface area contributed by atoms with E-state index in [0.717, 1.165) is 0 Å². The van der Waals surface area contributed by atoms with Crippen molar-refractivity contribution in [2.45, 2.75) is 45.3 Å². The molecule has 0 bridgehead atoms. The van der Waals surface area contributed by atoms with E-state index in [2.05, 4.69) is 5.32 Å². The molecule has 0 spiro atoms. The molecule has 0 aromatic carbocycles. The highest BCUT2D eigenvalue weighted by Crippen LogP contribution is 2.07. The van der Waals surface area contributed by atoms with E-state index in [1.807, 2.05) is 0 Å². The monoisotopic (exact) mass is 264 g/mol. The van der Waals surface area contributed by atoms with Crippen LogP contribution in [0.3, 0.4) is 0 Å². The highest BCUT2D eigenvalue weighted by Gasteiger charge is 2.24. The van der Waals surface area contributed by atoms with Crippen LogP contribution in [0.1, 0.15) is 33.6 Å². The zero-order valence-corrected chi connectivity index (χ0v) is 11.0. The molecule has 1 amide bonds. The molecule has 0 fully saturated rings. The van der Waals surface area contributed by atoms with Gasteiger partial charge in [0.15, 0.2) is 0 Å². The Balaban J connectivity index is 4.20. The second-order valence-electron chi connectivity index (χ2n) is 4.50. The van der Waals surface area contributed by atoms with Gasteiger partial charge in [-0.1, -0.05) is 0 Å². The normalized spacial score (nSPS) is 12.6. The van der Waals surface area contributed by atoms with Crippen molar-refractivity contribution in [1.29, 1.82) is 0 Å². The van der Waals surface area contributed by atoms with Gasteiger partial charge in [-0.05, 0) is 27.2 Å². The zero-order chi connectivity index (χ0) is 13.5. The number of hydrogen-bond donors (Lipinski definition) is 2. The molecule has 0 aromatic rings. The summed E-state index contributed by atoms with van der Waals surface area (Å²) in [5.74, 6) is -0.813. The molecule has 0 aromatic heterocycles. The second kappa shape index (κ2) is 7.16. The zero-order valence-electron chi connectivity index (χ0n) is 10.2. The Morgan fingerprint density at radius 3 is 2.41 bits per heavy atom. The van der Waals surface area contributed by atoms with E-state index >= 15 is 0 Å². The van der Waals surface area contributed by atoms with Gasteiger partial charge in [0.25, 0.3) is 0 Å².